The van der Waals surface area contributed by atoms with Gasteiger partial charge in [-0.25, -0.2) is 4.68 Å². The van der Waals surface area contributed by atoms with Gasteiger partial charge in [-0.15, -0.1) is 16.4 Å². The molecule has 0 spiro atoms. The number of ketones is 1. The standard InChI is InChI=1S/C16H21N5O2S2/c1-10(15(23)14-8-7-13(25-14)9-17-11(2)22)24-16-18-19-20-21(16)12-5-3-4-6-12/h7-8,10,12H,3-6,9H2,1-2H3,(H,17,22)/t10-/m0/s1. The maximum Gasteiger partial charge on any atom is 0.217 e. The Morgan fingerprint density at radius 3 is 2.88 bits per heavy atom. The van der Waals surface area contributed by atoms with E-state index in [1.54, 1.807) is 0 Å². The van der Waals surface area contributed by atoms with Crippen molar-refractivity contribution in [2.24, 2.45) is 0 Å². The van der Waals surface area contributed by atoms with Gasteiger partial charge in [0.15, 0.2) is 5.78 Å². The number of carbonyl (C=O) groups excluding carboxylic acids is 2. The van der Waals surface area contributed by atoms with E-state index in [9.17, 15) is 9.59 Å². The fraction of sp³-hybridized carbons (Fsp3) is 0.562. The smallest absolute Gasteiger partial charge is 0.217 e. The van der Waals surface area contributed by atoms with E-state index in [0.29, 0.717) is 22.6 Å². The molecule has 1 N–H and O–H groups in total. The van der Waals surface area contributed by atoms with Gasteiger partial charge in [-0.2, -0.15) is 0 Å². The summed E-state index contributed by atoms with van der Waals surface area (Å²) in [6, 6.07) is 4.06. The van der Waals surface area contributed by atoms with Crippen LogP contribution >= 0.6 is 23.1 Å². The minimum absolute atomic E-state index is 0.0602. The third-order valence-corrected chi connectivity index (χ3v) is 6.35. The number of aromatic nitrogens is 4. The topological polar surface area (TPSA) is 89.8 Å². The molecule has 2 heterocycles. The summed E-state index contributed by atoms with van der Waals surface area (Å²) in [5.74, 6) is -0.0194. The number of thiophene rings is 1. The van der Waals surface area contributed by atoms with Gasteiger partial charge >= 0.3 is 0 Å². The maximum absolute atomic E-state index is 12.7. The van der Waals surface area contributed by atoms with Crippen molar-refractivity contribution in [1.82, 2.24) is 25.5 Å². The van der Waals surface area contributed by atoms with E-state index in [2.05, 4.69) is 20.8 Å². The van der Waals surface area contributed by atoms with Crippen LogP contribution in [-0.4, -0.2) is 37.1 Å². The van der Waals surface area contributed by atoms with Crippen LogP contribution in [0.3, 0.4) is 0 Å². The first-order valence-corrected chi connectivity index (χ1v) is 10.1. The van der Waals surface area contributed by atoms with E-state index in [1.165, 1.54) is 42.9 Å². The zero-order chi connectivity index (χ0) is 17.8. The Kier molecular flexibility index (Phi) is 5.85. The molecule has 7 nitrogen and oxygen atoms in total. The molecule has 0 radical (unpaired) electrons. The Hall–Kier alpha value is -1.74. The molecule has 9 heteroatoms. The molecule has 2 aromatic heterocycles. The van der Waals surface area contributed by atoms with Gasteiger partial charge in [0, 0.05) is 11.8 Å². The van der Waals surface area contributed by atoms with Gasteiger partial charge in [0.2, 0.25) is 11.1 Å². The quantitative estimate of drug-likeness (QED) is 0.588. The second kappa shape index (κ2) is 8.09. The number of tetrazole rings is 1. The Morgan fingerprint density at radius 2 is 2.16 bits per heavy atom. The van der Waals surface area contributed by atoms with Crippen molar-refractivity contribution in [1.29, 1.82) is 0 Å². The molecule has 1 atom stereocenters. The van der Waals surface area contributed by atoms with Crippen molar-refractivity contribution in [2.45, 2.75) is 62.5 Å². The summed E-state index contributed by atoms with van der Waals surface area (Å²) in [6.07, 6.45) is 4.60. The Bertz CT molecular complexity index is 751. The third-order valence-electron chi connectivity index (χ3n) is 4.20. The molecule has 0 bridgehead atoms. The number of nitrogens with one attached hydrogen (secondary N) is 1. The van der Waals surface area contributed by atoms with Crippen LogP contribution in [-0.2, 0) is 11.3 Å². The van der Waals surface area contributed by atoms with E-state index in [0.717, 1.165) is 17.7 Å². The third kappa shape index (κ3) is 4.46. The molecular formula is C16H21N5O2S2. The van der Waals surface area contributed by atoms with Gasteiger partial charge in [-0.1, -0.05) is 24.6 Å². The number of nitrogens with zero attached hydrogens (tertiary/aromatic N) is 4. The first-order valence-electron chi connectivity index (χ1n) is 8.36. The van der Waals surface area contributed by atoms with Crippen LogP contribution in [0.1, 0.15) is 60.1 Å². The first-order chi connectivity index (χ1) is 12.0. The van der Waals surface area contributed by atoms with E-state index < -0.39 is 0 Å². The van der Waals surface area contributed by atoms with Crippen LogP contribution < -0.4 is 5.32 Å². The molecular weight excluding hydrogens is 358 g/mol. The molecule has 134 valence electrons. The molecule has 1 fully saturated rings. The predicted molar refractivity (Wildman–Crippen MR) is 96.8 cm³/mol. The maximum atomic E-state index is 12.7. The first kappa shape index (κ1) is 18.1. The van der Waals surface area contributed by atoms with Crippen LogP contribution in [0.2, 0.25) is 0 Å². The summed E-state index contributed by atoms with van der Waals surface area (Å²) >= 11 is 2.83. The Morgan fingerprint density at radius 1 is 1.40 bits per heavy atom. The average molecular weight is 380 g/mol. The lowest BCUT2D eigenvalue weighted by Crippen LogP contribution is -2.18. The minimum atomic E-state index is -0.265. The van der Waals surface area contributed by atoms with Crippen LogP contribution in [0.5, 0.6) is 0 Å². The summed E-state index contributed by atoms with van der Waals surface area (Å²) in [4.78, 5) is 25.3. The van der Waals surface area contributed by atoms with Crippen LogP contribution in [0.4, 0.5) is 0 Å². The predicted octanol–water partition coefficient (Wildman–Crippen LogP) is 2.85. The number of thioether (sulfide) groups is 1. The second-order valence-electron chi connectivity index (χ2n) is 6.14. The molecule has 3 rings (SSSR count). The number of hydrogen-bond acceptors (Lipinski definition) is 7. The van der Waals surface area contributed by atoms with Crippen LogP contribution in [0.25, 0.3) is 0 Å². The van der Waals surface area contributed by atoms with Gasteiger partial charge < -0.3 is 5.32 Å². The summed E-state index contributed by atoms with van der Waals surface area (Å²) in [5.41, 5.74) is 0. The number of carbonyl (C=O) groups is 2. The molecule has 1 amide bonds. The summed E-state index contributed by atoms with van der Waals surface area (Å²) in [7, 11) is 0. The second-order valence-corrected chi connectivity index (χ2v) is 8.62. The monoisotopic (exact) mass is 379 g/mol. The molecule has 25 heavy (non-hydrogen) atoms. The zero-order valence-corrected chi connectivity index (χ0v) is 15.9. The van der Waals surface area contributed by atoms with E-state index in [1.807, 2.05) is 23.7 Å². The largest absolute Gasteiger partial charge is 0.351 e. The van der Waals surface area contributed by atoms with E-state index in [-0.39, 0.29) is 16.9 Å². The van der Waals surface area contributed by atoms with Crippen molar-refractivity contribution >= 4 is 34.8 Å². The highest BCUT2D eigenvalue weighted by Gasteiger charge is 2.25. The average Bonchev–Trinajstić information content (AvgIpc) is 3.32. The van der Waals surface area contributed by atoms with Crippen LogP contribution in [0.15, 0.2) is 17.3 Å². The van der Waals surface area contributed by atoms with E-state index >= 15 is 0 Å². The summed E-state index contributed by atoms with van der Waals surface area (Å²) < 4.78 is 1.87. The van der Waals surface area contributed by atoms with Crippen molar-refractivity contribution in [2.75, 3.05) is 0 Å². The van der Waals surface area contributed by atoms with Gasteiger partial charge in [0.25, 0.3) is 0 Å². The lowest BCUT2D eigenvalue weighted by atomic mass is 10.2. The van der Waals surface area contributed by atoms with Crippen molar-refractivity contribution in [3.05, 3.63) is 21.9 Å². The van der Waals surface area contributed by atoms with Gasteiger partial charge in [-0.05, 0) is 42.3 Å². The molecule has 1 saturated carbocycles. The van der Waals surface area contributed by atoms with Crippen molar-refractivity contribution < 1.29 is 9.59 Å². The normalized spacial score (nSPS) is 16.1. The fourth-order valence-corrected chi connectivity index (χ4v) is 4.85. The molecule has 1 aliphatic carbocycles. The van der Waals surface area contributed by atoms with Crippen molar-refractivity contribution in [3.8, 4) is 0 Å². The molecule has 0 saturated heterocycles. The zero-order valence-electron chi connectivity index (χ0n) is 14.3. The van der Waals surface area contributed by atoms with Gasteiger partial charge in [0.1, 0.15) is 0 Å². The highest BCUT2D eigenvalue weighted by molar-refractivity contribution is 8.00. The molecule has 2 aromatic rings. The van der Waals surface area contributed by atoms with Gasteiger partial charge in [0.05, 0.1) is 22.7 Å². The molecule has 0 aliphatic heterocycles. The number of amides is 1. The minimum Gasteiger partial charge on any atom is -0.351 e. The van der Waals surface area contributed by atoms with E-state index in [4.69, 9.17) is 0 Å². The summed E-state index contributed by atoms with van der Waals surface area (Å²) in [5, 5.41) is 15.2. The highest BCUT2D eigenvalue weighted by Crippen LogP contribution is 2.33. The molecule has 0 aromatic carbocycles. The van der Waals surface area contributed by atoms with Gasteiger partial charge in [-0.3, -0.25) is 9.59 Å². The molecule has 0 unspecified atom stereocenters. The number of rotatable bonds is 7. The Labute approximate surface area is 154 Å². The lowest BCUT2D eigenvalue weighted by molar-refractivity contribution is -0.119. The molecule has 1 aliphatic rings. The fourth-order valence-electron chi connectivity index (χ4n) is 2.87. The van der Waals surface area contributed by atoms with Crippen LogP contribution in [0, 0.1) is 0 Å². The lowest BCUT2D eigenvalue weighted by Gasteiger charge is -2.13. The number of Topliss-reactive ketones (excluding diaryl/α,β-unsaturated/α-hetero) is 1. The van der Waals surface area contributed by atoms with Crippen molar-refractivity contribution in [3.63, 3.8) is 0 Å². The Balaban J connectivity index is 1.63. The SMILES string of the molecule is CC(=O)NCc1ccc(C(=O)[C@H](C)Sc2nnnn2C2CCCC2)s1. The highest BCUT2D eigenvalue weighted by atomic mass is 32.2. The number of hydrogen-bond donors (Lipinski definition) is 1. The summed E-state index contributed by atoms with van der Waals surface area (Å²) in [6.45, 7) is 3.82.